The fourth-order valence-electron chi connectivity index (χ4n) is 3.70. The molecule has 0 aliphatic carbocycles. The van der Waals surface area contributed by atoms with Gasteiger partial charge in [-0.15, -0.1) is 0 Å². The monoisotopic (exact) mass is 372 g/mol. The van der Waals surface area contributed by atoms with Crippen molar-refractivity contribution in [1.82, 2.24) is 9.80 Å². The number of fused-ring (bicyclic) bond motifs is 1. The molecule has 2 aliphatic heterocycles. The number of carbonyl (C=O) groups excluding carboxylic acids is 3. The van der Waals surface area contributed by atoms with Gasteiger partial charge in [-0.2, -0.15) is 0 Å². The molecule has 1 fully saturated rings. The lowest BCUT2D eigenvalue weighted by molar-refractivity contribution is -0.155. The van der Waals surface area contributed by atoms with Gasteiger partial charge in [0.1, 0.15) is 12.4 Å². The number of hydrogen-bond acceptors (Lipinski definition) is 5. The van der Waals surface area contributed by atoms with Gasteiger partial charge in [0.2, 0.25) is 11.8 Å². The number of benzene rings is 1. The highest BCUT2D eigenvalue weighted by atomic mass is 16.5. The smallest absolute Gasteiger partial charge is 0.333 e. The van der Waals surface area contributed by atoms with E-state index >= 15 is 0 Å². The summed E-state index contributed by atoms with van der Waals surface area (Å²) in [6.07, 6.45) is 2.41. The second-order valence-corrected chi connectivity index (χ2v) is 6.65. The van der Waals surface area contributed by atoms with Gasteiger partial charge in [-0.3, -0.25) is 9.59 Å². The molecule has 3 rings (SSSR count). The van der Waals surface area contributed by atoms with Crippen LogP contribution in [0.1, 0.15) is 24.4 Å². The van der Waals surface area contributed by atoms with E-state index in [0.29, 0.717) is 50.4 Å². The predicted octanol–water partition coefficient (Wildman–Crippen LogP) is 1.55. The van der Waals surface area contributed by atoms with Crippen LogP contribution in [-0.4, -0.2) is 60.9 Å². The van der Waals surface area contributed by atoms with Crippen LogP contribution in [-0.2, 0) is 19.1 Å². The number of esters is 1. The molecular weight excluding hydrogens is 348 g/mol. The Balaban J connectivity index is 1.81. The number of likely N-dealkylation sites (tertiary alicyclic amines) is 1. The molecule has 0 radical (unpaired) electrons. The molecule has 1 atom stereocenters. The Kier molecular flexibility index (Phi) is 5.78. The number of nitrogens with zero attached hydrogens (tertiary/aromatic N) is 2. The fraction of sp³-hybridized carbons (Fsp3) is 0.450. The topological polar surface area (TPSA) is 76.2 Å². The molecule has 1 aromatic rings. The lowest BCUT2D eigenvalue weighted by Crippen LogP contribution is -2.47. The normalized spacial score (nSPS) is 20.1. The van der Waals surface area contributed by atoms with Crippen LogP contribution in [0.3, 0.4) is 0 Å². The van der Waals surface area contributed by atoms with E-state index in [1.807, 2.05) is 12.1 Å². The van der Waals surface area contributed by atoms with Crippen LogP contribution in [0.5, 0.6) is 5.75 Å². The summed E-state index contributed by atoms with van der Waals surface area (Å²) in [5.41, 5.74) is 0.634. The van der Waals surface area contributed by atoms with Gasteiger partial charge in [-0.05, 0) is 25.0 Å². The molecule has 0 spiro atoms. The van der Waals surface area contributed by atoms with Crippen molar-refractivity contribution in [2.75, 3.05) is 33.4 Å². The number of piperidine rings is 1. The Hall–Kier alpha value is -2.83. The van der Waals surface area contributed by atoms with Crippen molar-refractivity contribution < 1.29 is 23.9 Å². The van der Waals surface area contributed by atoms with Gasteiger partial charge in [0.05, 0.1) is 13.7 Å². The first-order valence-corrected chi connectivity index (χ1v) is 9.08. The van der Waals surface area contributed by atoms with Crippen LogP contribution in [0.4, 0.5) is 0 Å². The van der Waals surface area contributed by atoms with Gasteiger partial charge in [-0.1, -0.05) is 24.8 Å². The molecule has 7 heteroatoms. The molecule has 144 valence electrons. The van der Waals surface area contributed by atoms with Crippen molar-refractivity contribution >= 4 is 17.8 Å². The number of carbonyl (C=O) groups is 3. The minimum Gasteiger partial charge on any atom is -0.491 e. The second-order valence-electron chi connectivity index (χ2n) is 6.65. The third-order valence-corrected chi connectivity index (χ3v) is 5.15. The maximum absolute atomic E-state index is 13.2. The lowest BCUT2D eigenvalue weighted by Gasteiger charge is -2.35. The third-order valence-electron chi connectivity index (χ3n) is 5.15. The van der Waals surface area contributed by atoms with Crippen LogP contribution in [0, 0.1) is 5.92 Å². The van der Waals surface area contributed by atoms with Gasteiger partial charge in [0.15, 0.2) is 6.04 Å². The molecule has 1 saturated heterocycles. The van der Waals surface area contributed by atoms with Gasteiger partial charge >= 0.3 is 5.97 Å². The second kappa shape index (κ2) is 8.24. The van der Waals surface area contributed by atoms with E-state index in [1.54, 1.807) is 21.9 Å². The van der Waals surface area contributed by atoms with E-state index in [2.05, 4.69) is 6.58 Å². The molecule has 0 aromatic heterocycles. The summed E-state index contributed by atoms with van der Waals surface area (Å²) in [4.78, 5) is 40.8. The molecule has 0 saturated carbocycles. The summed E-state index contributed by atoms with van der Waals surface area (Å²) in [6, 6.07) is 6.39. The van der Waals surface area contributed by atoms with E-state index in [0.717, 1.165) is 0 Å². The zero-order valence-electron chi connectivity index (χ0n) is 15.4. The summed E-state index contributed by atoms with van der Waals surface area (Å²) in [6.45, 7) is 5.13. The standard InChI is InChI=1S/C20H24N2O5/c1-3-17(23)21-10-8-14(9-11-21)19(24)22-12-13-27-16-7-5-4-6-15(16)18(22)20(25)26-2/h3-7,14,18H,1,8-13H2,2H3. The van der Waals surface area contributed by atoms with Crippen LogP contribution >= 0.6 is 0 Å². The predicted molar refractivity (Wildman–Crippen MR) is 97.9 cm³/mol. The van der Waals surface area contributed by atoms with E-state index < -0.39 is 12.0 Å². The number of hydrogen-bond donors (Lipinski definition) is 0. The van der Waals surface area contributed by atoms with Gasteiger partial charge in [0.25, 0.3) is 0 Å². The Labute approximate surface area is 158 Å². The van der Waals surface area contributed by atoms with Crippen molar-refractivity contribution in [3.05, 3.63) is 42.5 Å². The number of rotatable bonds is 3. The third kappa shape index (κ3) is 3.82. The molecule has 27 heavy (non-hydrogen) atoms. The molecule has 7 nitrogen and oxygen atoms in total. The summed E-state index contributed by atoms with van der Waals surface area (Å²) in [5, 5.41) is 0. The van der Waals surface area contributed by atoms with E-state index in [4.69, 9.17) is 9.47 Å². The highest BCUT2D eigenvalue weighted by molar-refractivity contribution is 5.89. The summed E-state index contributed by atoms with van der Waals surface area (Å²) < 4.78 is 10.7. The van der Waals surface area contributed by atoms with Gasteiger partial charge < -0.3 is 19.3 Å². The Morgan fingerprint density at radius 1 is 1.19 bits per heavy atom. The highest BCUT2D eigenvalue weighted by Crippen LogP contribution is 2.34. The number of ether oxygens (including phenoxy) is 2. The fourth-order valence-corrected chi connectivity index (χ4v) is 3.70. The molecule has 1 unspecified atom stereocenters. The first-order chi connectivity index (χ1) is 13.1. The summed E-state index contributed by atoms with van der Waals surface area (Å²) in [5.74, 6) is -0.353. The number of methoxy groups -OCH3 is 1. The van der Waals surface area contributed by atoms with Crippen molar-refractivity contribution in [1.29, 1.82) is 0 Å². The van der Waals surface area contributed by atoms with Crippen LogP contribution < -0.4 is 4.74 Å². The Bertz CT molecular complexity index is 740. The van der Waals surface area contributed by atoms with Gasteiger partial charge in [0, 0.05) is 24.6 Å². The first kappa shape index (κ1) is 18.9. The zero-order chi connectivity index (χ0) is 19.4. The number of amides is 2. The number of para-hydroxylation sites is 1. The molecular formula is C20H24N2O5. The first-order valence-electron chi connectivity index (χ1n) is 9.08. The van der Waals surface area contributed by atoms with Gasteiger partial charge in [-0.25, -0.2) is 4.79 Å². The summed E-state index contributed by atoms with van der Waals surface area (Å²) in [7, 11) is 1.32. The maximum Gasteiger partial charge on any atom is 0.333 e. The minimum absolute atomic E-state index is 0.101. The highest BCUT2D eigenvalue weighted by Gasteiger charge is 2.39. The van der Waals surface area contributed by atoms with Crippen molar-refractivity contribution in [2.45, 2.75) is 18.9 Å². The molecule has 2 aliphatic rings. The average Bonchev–Trinajstić information content (AvgIpc) is 2.91. The zero-order valence-corrected chi connectivity index (χ0v) is 15.4. The quantitative estimate of drug-likeness (QED) is 0.594. The average molecular weight is 372 g/mol. The van der Waals surface area contributed by atoms with Crippen LogP contribution in [0.15, 0.2) is 36.9 Å². The lowest BCUT2D eigenvalue weighted by atomic mass is 9.93. The van der Waals surface area contributed by atoms with Crippen molar-refractivity contribution in [3.63, 3.8) is 0 Å². The van der Waals surface area contributed by atoms with E-state index in [9.17, 15) is 14.4 Å². The molecule has 2 amide bonds. The summed E-state index contributed by atoms with van der Waals surface area (Å²) >= 11 is 0. The molecule has 1 aromatic carbocycles. The molecule has 2 heterocycles. The molecule has 0 bridgehead atoms. The van der Waals surface area contributed by atoms with E-state index in [-0.39, 0.29) is 17.7 Å². The van der Waals surface area contributed by atoms with E-state index in [1.165, 1.54) is 13.2 Å². The Morgan fingerprint density at radius 3 is 2.56 bits per heavy atom. The Morgan fingerprint density at radius 2 is 1.89 bits per heavy atom. The van der Waals surface area contributed by atoms with Crippen molar-refractivity contribution in [3.8, 4) is 5.75 Å². The minimum atomic E-state index is -0.825. The SMILES string of the molecule is C=CC(=O)N1CCC(C(=O)N2CCOc3ccccc3C2C(=O)OC)CC1. The largest absolute Gasteiger partial charge is 0.491 e. The van der Waals surface area contributed by atoms with Crippen LogP contribution in [0.2, 0.25) is 0 Å². The van der Waals surface area contributed by atoms with Crippen molar-refractivity contribution in [2.24, 2.45) is 5.92 Å². The van der Waals surface area contributed by atoms with Crippen LogP contribution in [0.25, 0.3) is 0 Å². The molecule has 0 N–H and O–H groups in total. The maximum atomic E-state index is 13.2.